The average molecular weight is 287 g/mol. The van der Waals surface area contributed by atoms with Crippen LogP contribution in [0.15, 0.2) is 18.6 Å². The molecule has 2 aromatic heterocycles. The molecule has 0 aromatic carbocycles. The fourth-order valence-corrected chi connectivity index (χ4v) is 2.37. The van der Waals surface area contributed by atoms with E-state index in [0.717, 1.165) is 5.39 Å². The molecule has 0 aliphatic carbocycles. The van der Waals surface area contributed by atoms with Crippen molar-refractivity contribution in [2.75, 3.05) is 0 Å². The normalized spacial score (nSPS) is 20.1. The van der Waals surface area contributed by atoms with Crippen LogP contribution in [0.25, 0.3) is 11.0 Å². The average Bonchev–Trinajstić information content (AvgIpc) is 2.88. The molecule has 1 aliphatic rings. The van der Waals surface area contributed by atoms with Crippen LogP contribution in [0.1, 0.15) is 39.4 Å². The van der Waals surface area contributed by atoms with Crippen LogP contribution in [0.2, 0.25) is 0 Å². The van der Waals surface area contributed by atoms with E-state index < -0.39 is 18.3 Å². The molecule has 1 aliphatic heterocycles. The molecule has 2 aromatic rings. The fourth-order valence-electron chi connectivity index (χ4n) is 2.37. The van der Waals surface area contributed by atoms with Crippen LogP contribution >= 0.6 is 0 Å². The smallest absolute Gasteiger partial charge is 0.398 e. The van der Waals surface area contributed by atoms with Gasteiger partial charge < -0.3 is 9.31 Å². The molecular formula is C14H18BN3O3. The Morgan fingerprint density at radius 1 is 1.19 bits per heavy atom. The topological polar surface area (TPSA) is 66.2 Å². The maximum Gasteiger partial charge on any atom is 0.515 e. The second kappa shape index (κ2) is 4.38. The highest BCUT2D eigenvalue weighted by Gasteiger charge is 2.52. The zero-order chi connectivity index (χ0) is 15.4. The Balaban J connectivity index is 2.09. The first-order valence-electron chi connectivity index (χ1n) is 6.91. The number of fused-ring (bicyclic) bond motifs is 1. The number of carbonyl (C=O) groups is 1. The van der Waals surface area contributed by atoms with E-state index >= 15 is 0 Å². The number of rotatable bonds is 1. The van der Waals surface area contributed by atoms with Crippen LogP contribution in [-0.4, -0.2) is 38.8 Å². The number of hydrogen-bond donors (Lipinski definition) is 0. The molecule has 0 unspecified atom stereocenters. The second-order valence-corrected chi connectivity index (χ2v) is 6.29. The number of carbonyl (C=O) groups excluding carboxylic acids is 1. The fraction of sp³-hybridized carbons (Fsp3) is 0.500. The maximum atomic E-state index is 11.6. The Labute approximate surface area is 123 Å². The zero-order valence-electron chi connectivity index (χ0n) is 12.9. The van der Waals surface area contributed by atoms with E-state index in [4.69, 9.17) is 9.31 Å². The molecule has 110 valence electrons. The van der Waals surface area contributed by atoms with E-state index in [1.54, 1.807) is 6.20 Å². The molecule has 0 atom stereocenters. The minimum absolute atomic E-state index is 0.0939. The molecule has 1 saturated heterocycles. The third-order valence-corrected chi connectivity index (χ3v) is 4.33. The summed E-state index contributed by atoms with van der Waals surface area (Å²) in [6, 6.07) is 1.82. The first-order chi connectivity index (χ1) is 9.73. The lowest BCUT2D eigenvalue weighted by Crippen LogP contribution is -2.41. The summed E-state index contributed by atoms with van der Waals surface area (Å²) in [6.07, 6.45) is 3.12. The summed E-state index contributed by atoms with van der Waals surface area (Å²) < 4.78 is 13.5. The summed E-state index contributed by atoms with van der Waals surface area (Å²) in [5, 5.41) is 0.770. The molecule has 6 nitrogen and oxygen atoms in total. The Hall–Kier alpha value is -1.73. The minimum atomic E-state index is -0.566. The van der Waals surface area contributed by atoms with E-state index in [-0.39, 0.29) is 5.91 Å². The van der Waals surface area contributed by atoms with Crippen LogP contribution in [0, 0.1) is 0 Å². The summed E-state index contributed by atoms with van der Waals surface area (Å²) in [6.45, 7) is 9.46. The summed E-state index contributed by atoms with van der Waals surface area (Å²) in [5.74, 6) is -0.0939. The first kappa shape index (κ1) is 14.2. The van der Waals surface area contributed by atoms with Crippen LogP contribution in [0.3, 0.4) is 0 Å². The van der Waals surface area contributed by atoms with Crippen LogP contribution in [0.5, 0.6) is 0 Å². The van der Waals surface area contributed by atoms with E-state index in [9.17, 15) is 4.79 Å². The molecule has 0 amide bonds. The van der Waals surface area contributed by atoms with Gasteiger partial charge in [-0.05, 0) is 33.8 Å². The van der Waals surface area contributed by atoms with Gasteiger partial charge in [0.2, 0.25) is 5.91 Å². The van der Waals surface area contributed by atoms with Gasteiger partial charge in [0.1, 0.15) is 12.0 Å². The molecule has 7 heteroatoms. The highest BCUT2D eigenvalue weighted by Crippen LogP contribution is 2.36. The molecular weight excluding hydrogens is 269 g/mol. The Morgan fingerprint density at radius 3 is 2.38 bits per heavy atom. The molecule has 0 bridgehead atoms. The highest BCUT2D eigenvalue weighted by molar-refractivity contribution is 6.64. The van der Waals surface area contributed by atoms with Crippen LogP contribution in [-0.2, 0) is 9.31 Å². The van der Waals surface area contributed by atoms with Gasteiger partial charge in [0, 0.05) is 18.5 Å². The quantitative estimate of drug-likeness (QED) is 0.741. The Kier molecular flexibility index (Phi) is 2.97. The molecule has 21 heavy (non-hydrogen) atoms. The molecule has 1 fully saturated rings. The van der Waals surface area contributed by atoms with Crippen molar-refractivity contribution in [1.29, 1.82) is 0 Å². The summed E-state index contributed by atoms with van der Waals surface area (Å²) >= 11 is 0. The lowest BCUT2D eigenvalue weighted by Gasteiger charge is -2.32. The maximum absolute atomic E-state index is 11.6. The van der Waals surface area contributed by atoms with Gasteiger partial charge in [-0.15, -0.1) is 0 Å². The van der Waals surface area contributed by atoms with Gasteiger partial charge >= 0.3 is 7.12 Å². The van der Waals surface area contributed by atoms with Crippen molar-refractivity contribution in [2.24, 2.45) is 0 Å². The van der Waals surface area contributed by atoms with E-state index in [1.807, 2.05) is 33.8 Å². The predicted molar refractivity (Wildman–Crippen MR) is 79.5 cm³/mol. The zero-order valence-corrected chi connectivity index (χ0v) is 12.9. The minimum Gasteiger partial charge on any atom is -0.398 e. The van der Waals surface area contributed by atoms with Crippen molar-refractivity contribution in [1.82, 2.24) is 14.5 Å². The Morgan fingerprint density at radius 2 is 1.81 bits per heavy atom. The monoisotopic (exact) mass is 287 g/mol. The van der Waals surface area contributed by atoms with Crippen LogP contribution < -0.4 is 5.59 Å². The molecule has 0 saturated carbocycles. The highest BCUT2D eigenvalue weighted by atomic mass is 16.7. The van der Waals surface area contributed by atoms with Gasteiger partial charge in [0.15, 0.2) is 0 Å². The standard InChI is InChI=1S/C14H18BN3O3/c1-9(19)18-7-6-10-11(16-8-17-12(10)18)15-20-13(2,3)14(4,5)21-15/h6-8H,1-5H3. The third kappa shape index (κ3) is 2.08. The van der Waals surface area contributed by atoms with Crippen molar-refractivity contribution in [3.05, 3.63) is 18.6 Å². The summed E-state index contributed by atoms with van der Waals surface area (Å²) in [4.78, 5) is 20.1. The lowest BCUT2D eigenvalue weighted by atomic mass is 9.82. The van der Waals surface area contributed by atoms with Gasteiger partial charge in [0.05, 0.1) is 16.8 Å². The van der Waals surface area contributed by atoms with Crippen molar-refractivity contribution in [3.63, 3.8) is 0 Å². The summed E-state index contributed by atoms with van der Waals surface area (Å²) in [7, 11) is -0.566. The molecule has 0 N–H and O–H groups in total. The molecule has 3 rings (SSSR count). The van der Waals surface area contributed by atoms with Crippen molar-refractivity contribution < 1.29 is 14.1 Å². The van der Waals surface area contributed by atoms with E-state index in [1.165, 1.54) is 17.8 Å². The molecule has 3 heterocycles. The largest absolute Gasteiger partial charge is 0.515 e. The third-order valence-electron chi connectivity index (χ3n) is 4.33. The predicted octanol–water partition coefficient (Wildman–Crippen LogP) is 1.39. The SMILES string of the molecule is CC(=O)n1ccc2c(B3OC(C)(C)C(C)(C)O3)ncnc21. The van der Waals surface area contributed by atoms with Gasteiger partial charge in [-0.2, -0.15) is 0 Å². The Bertz CT molecular complexity index is 707. The number of nitrogens with zero attached hydrogens (tertiary/aromatic N) is 3. The number of hydrogen-bond acceptors (Lipinski definition) is 5. The molecule has 0 spiro atoms. The molecule has 0 radical (unpaired) electrons. The van der Waals surface area contributed by atoms with E-state index in [2.05, 4.69) is 9.97 Å². The van der Waals surface area contributed by atoms with Gasteiger partial charge in [-0.1, -0.05) is 0 Å². The van der Waals surface area contributed by atoms with Gasteiger partial charge in [0.25, 0.3) is 0 Å². The van der Waals surface area contributed by atoms with Crippen molar-refractivity contribution >= 4 is 29.7 Å². The first-order valence-corrected chi connectivity index (χ1v) is 6.91. The van der Waals surface area contributed by atoms with Gasteiger partial charge in [-0.25, -0.2) is 9.97 Å². The lowest BCUT2D eigenvalue weighted by molar-refractivity contribution is 0.00578. The van der Waals surface area contributed by atoms with Crippen molar-refractivity contribution in [3.8, 4) is 0 Å². The second-order valence-electron chi connectivity index (χ2n) is 6.29. The van der Waals surface area contributed by atoms with Crippen molar-refractivity contribution in [2.45, 2.75) is 45.8 Å². The summed E-state index contributed by atoms with van der Waals surface area (Å²) in [5.41, 5.74) is 0.358. The van der Waals surface area contributed by atoms with Crippen LogP contribution in [0.4, 0.5) is 0 Å². The number of aromatic nitrogens is 3. The van der Waals surface area contributed by atoms with Gasteiger partial charge in [-0.3, -0.25) is 9.36 Å². The van der Waals surface area contributed by atoms with E-state index in [0.29, 0.717) is 11.2 Å².